The van der Waals surface area contributed by atoms with E-state index < -0.39 is 22.9 Å². The number of halogens is 3. The minimum Gasteiger partial charge on any atom is -0.507 e. The molecule has 114 valence electrons. The van der Waals surface area contributed by atoms with Gasteiger partial charge in [-0.05, 0) is 32.0 Å². The molecule has 2 aromatic rings. The maximum absolute atomic E-state index is 12.8. The highest BCUT2D eigenvalue weighted by Crippen LogP contribution is 2.37. The molecule has 0 radical (unpaired) electrons. The van der Waals surface area contributed by atoms with Crippen molar-refractivity contribution in [3.05, 3.63) is 29.7 Å². The van der Waals surface area contributed by atoms with E-state index in [0.717, 1.165) is 12.1 Å². The van der Waals surface area contributed by atoms with Crippen molar-refractivity contribution in [3.8, 4) is 17.1 Å². The summed E-state index contributed by atoms with van der Waals surface area (Å²) in [6, 6.07) is 3.01. The molecule has 3 N–H and O–H groups in total. The van der Waals surface area contributed by atoms with Crippen molar-refractivity contribution in [1.29, 1.82) is 0 Å². The molecule has 0 amide bonds. The zero-order valence-corrected chi connectivity index (χ0v) is 11.4. The first kappa shape index (κ1) is 15.3. The highest BCUT2D eigenvalue weighted by Gasteiger charge is 2.34. The van der Waals surface area contributed by atoms with Gasteiger partial charge in [-0.1, -0.05) is 5.16 Å². The normalized spacial score (nSPS) is 12.7. The Morgan fingerprint density at radius 3 is 2.52 bits per heavy atom. The topological polar surface area (TPSA) is 85.2 Å². The number of benzene rings is 1. The molecule has 0 fully saturated rings. The fraction of sp³-hybridized carbons (Fsp3) is 0.385. The summed E-state index contributed by atoms with van der Waals surface area (Å²) in [5.74, 6) is -0.601. The van der Waals surface area contributed by atoms with Crippen molar-refractivity contribution in [2.24, 2.45) is 5.73 Å². The second-order valence-electron chi connectivity index (χ2n) is 5.24. The summed E-state index contributed by atoms with van der Waals surface area (Å²) in [6.45, 7) is 3.81. The minimum absolute atomic E-state index is 0.0111. The maximum atomic E-state index is 12.8. The number of phenolic OH excluding ortho intramolecular Hbond substituents is 1. The average molecular weight is 301 g/mol. The van der Waals surface area contributed by atoms with E-state index in [2.05, 4.69) is 10.1 Å². The van der Waals surface area contributed by atoms with Gasteiger partial charge in [0.1, 0.15) is 5.75 Å². The molecule has 0 saturated heterocycles. The smallest absolute Gasteiger partial charge is 0.419 e. The number of hydrogen-bond donors (Lipinski definition) is 2. The molecule has 0 saturated carbocycles. The van der Waals surface area contributed by atoms with E-state index in [4.69, 9.17) is 10.3 Å². The largest absolute Gasteiger partial charge is 0.507 e. The Morgan fingerprint density at radius 2 is 1.95 bits per heavy atom. The molecule has 2 rings (SSSR count). The van der Waals surface area contributed by atoms with Gasteiger partial charge in [-0.2, -0.15) is 18.2 Å². The molecule has 8 heteroatoms. The lowest BCUT2D eigenvalue weighted by Crippen LogP contribution is -2.28. The molecule has 0 aliphatic carbocycles. The maximum Gasteiger partial charge on any atom is 0.419 e. The quantitative estimate of drug-likeness (QED) is 0.910. The number of nitrogens with zero attached hydrogens (tertiary/aromatic N) is 2. The summed E-state index contributed by atoms with van der Waals surface area (Å²) in [7, 11) is 0. The number of hydrogen-bond acceptors (Lipinski definition) is 5. The van der Waals surface area contributed by atoms with Gasteiger partial charge in [-0.25, -0.2) is 0 Å². The lowest BCUT2D eigenvalue weighted by molar-refractivity contribution is -0.138. The lowest BCUT2D eigenvalue weighted by Gasteiger charge is -2.15. The standard InChI is InChI=1S/C13H14F3N3O2/c1-12(2,6-17)11-18-10(19-21-11)7-3-4-9(20)8(5-7)13(14,15)16/h3-5,20H,6,17H2,1-2H3. The molecule has 21 heavy (non-hydrogen) atoms. The van der Waals surface area contributed by atoms with E-state index in [0.29, 0.717) is 0 Å². The summed E-state index contributed by atoms with van der Waals surface area (Å²) in [4.78, 5) is 4.07. The van der Waals surface area contributed by atoms with Crippen LogP contribution >= 0.6 is 0 Å². The Morgan fingerprint density at radius 1 is 1.29 bits per heavy atom. The highest BCUT2D eigenvalue weighted by molar-refractivity contribution is 5.58. The van der Waals surface area contributed by atoms with Crippen LogP contribution in [-0.2, 0) is 11.6 Å². The van der Waals surface area contributed by atoms with E-state index in [-0.39, 0.29) is 23.8 Å². The van der Waals surface area contributed by atoms with Gasteiger partial charge in [0, 0.05) is 12.1 Å². The van der Waals surface area contributed by atoms with Crippen molar-refractivity contribution in [3.63, 3.8) is 0 Å². The summed E-state index contributed by atoms with van der Waals surface area (Å²) in [6.07, 6.45) is -4.66. The van der Waals surface area contributed by atoms with E-state index in [9.17, 15) is 18.3 Å². The van der Waals surface area contributed by atoms with Crippen molar-refractivity contribution >= 4 is 0 Å². The molecule has 0 unspecified atom stereocenters. The molecule has 1 aromatic heterocycles. The van der Waals surface area contributed by atoms with Gasteiger partial charge in [0.05, 0.1) is 11.0 Å². The fourth-order valence-corrected chi connectivity index (χ4v) is 1.61. The molecular weight excluding hydrogens is 287 g/mol. The SMILES string of the molecule is CC(C)(CN)c1nc(-c2ccc(O)c(C(F)(F)F)c2)no1. The van der Waals surface area contributed by atoms with Crippen molar-refractivity contribution < 1.29 is 22.8 Å². The third-order valence-electron chi connectivity index (χ3n) is 3.08. The van der Waals surface area contributed by atoms with Gasteiger partial charge in [0.2, 0.25) is 11.7 Å². The van der Waals surface area contributed by atoms with Crippen LogP contribution in [0.1, 0.15) is 25.3 Å². The number of aromatic nitrogens is 2. The van der Waals surface area contributed by atoms with E-state index in [1.165, 1.54) is 6.07 Å². The van der Waals surface area contributed by atoms with Gasteiger partial charge in [-0.15, -0.1) is 0 Å². The molecule has 5 nitrogen and oxygen atoms in total. The lowest BCUT2D eigenvalue weighted by atomic mass is 9.94. The van der Waals surface area contributed by atoms with Crippen LogP contribution in [0, 0.1) is 0 Å². The van der Waals surface area contributed by atoms with Gasteiger partial charge in [-0.3, -0.25) is 0 Å². The van der Waals surface area contributed by atoms with Crippen molar-refractivity contribution in [2.45, 2.75) is 25.4 Å². The van der Waals surface area contributed by atoms with Gasteiger partial charge in [0.25, 0.3) is 0 Å². The first-order chi connectivity index (χ1) is 9.65. The molecule has 1 heterocycles. The summed E-state index contributed by atoms with van der Waals surface area (Å²) < 4.78 is 43.3. The average Bonchev–Trinajstić information content (AvgIpc) is 2.88. The third-order valence-corrected chi connectivity index (χ3v) is 3.08. The Bertz CT molecular complexity index is 650. The Kier molecular flexibility index (Phi) is 3.66. The molecule has 0 bridgehead atoms. The summed E-state index contributed by atoms with van der Waals surface area (Å²) >= 11 is 0. The molecule has 0 aliphatic heterocycles. The van der Waals surface area contributed by atoms with Crippen molar-refractivity contribution in [2.75, 3.05) is 6.54 Å². The summed E-state index contributed by atoms with van der Waals surface area (Å²) in [5, 5.41) is 13.0. The third kappa shape index (κ3) is 2.99. The molecule has 0 spiro atoms. The molecule has 0 atom stereocenters. The van der Waals surface area contributed by atoms with Crippen LogP contribution in [-0.4, -0.2) is 21.8 Å². The zero-order chi connectivity index (χ0) is 15.8. The minimum atomic E-state index is -4.66. The first-order valence-electron chi connectivity index (χ1n) is 6.10. The van der Waals surface area contributed by atoms with E-state index >= 15 is 0 Å². The van der Waals surface area contributed by atoms with Crippen LogP contribution < -0.4 is 5.73 Å². The molecule has 1 aromatic carbocycles. The van der Waals surface area contributed by atoms with Gasteiger partial charge in [0.15, 0.2) is 0 Å². The predicted octanol–water partition coefficient (Wildman–Crippen LogP) is 2.70. The fourth-order valence-electron chi connectivity index (χ4n) is 1.61. The second kappa shape index (κ2) is 5.03. The highest BCUT2D eigenvalue weighted by atomic mass is 19.4. The van der Waals surface area contributed by atoms with Gasteiger partial charge < -0.3 is 15.4 Å². The number of alkyl halides is 3. The number of phenols is 1. The van der Waals surface area contributed by atoms with Crippen LogP contribution in [0.15, 0.2) is 22.7 Å². The Hall–Kier alpha value is -2.09. The van der Waals surface area contributed by atoms with Gasteiger partial charge >= 0.3 is 6.18 Å². The second-order valence-corrected chi connectivity index (χ2v) is 5.24. The zero-order valence-electron chi connectivity index (χ0n) is 11.4. The van der Waals surface area contributed by atoms with E-state index in [1.54, 1.807) is 13.8 Å². The van der Waals surface area contributed by atoms with Crippen LogP contribution in [0.4, 0.5) is 13.2 Å². The van der Waals surface area contributed by atoms with E-state index in [1.807, 2.05) is 0 Å². The monoisotopic (exact) mass is 301 g/mol. The Balaban J connectivity index is 2.44. The number of rotatable bonds is 3. The molecular formula is C13H14F3N3O2. The van der Waals surface area contributed by atoms with Crippen LogP contribution in [0.2, 0.25) is 0 Å². The Labute approximate surface area is 118 Å². The predicted molar refractivity (Wildman–Crippen MR) is 68.5 cm³/mol. The van der Waals surface area contributed by atoms with Crippen molar-refractivity contribution in [1.82, 2.24) is 10.1 Å². The number of aromatic hydroxyl groups is 1. The van der Waals surface area contributed by atoms with Crippen LogP contribution in [0.3, 0.4) is 0 Å². The van der Waals surface area contributed by atoms with Crippen LogP contribution in [0.5, 0.6) is 5.75 Å². The first-order valence-corrected chi connectivity index (χ1v) is 6.10. The molecule has 0 aliphatic rings. The van der Waals surface area contributed by atoms with Crippen LogP contribution in [0.25, 0.3) is 11.4 Å². The summed E-state index contributed by atoms with van der Waals surface area (Å²) in [5.41, 5.74) is 3.95. The number of nitrogens with two attached hydrogens (primary N) is 1.